The maximum atomic E-state index is 11.8. The molecule has 1 N–H and O–H groups in total. The molecule has 1 unspecified atom stereocenters. The molecule has 1 aliphatic rings. The molecule has 3 nitrogen and oxygen atoms in total. The fraction of sp³-hybridized carbons (Fsp3) is 1.00. The zero-order valence-corrected chi connectivity index (χ0v) is 9.61. The van der Waals surface area contributed by atoms with Crippen LogP contribution in [0.15, 0.2) is 0 Å². The highest BCUT2D eigenvalue weighted by Gasteiger charge is 2.39. The van der Waals surface area contributed by atoms with E-state index in [1.165, 1.54) is 0 Å². The van der Waals surface area contributed by atoms with Crippen molar-refractivity contribution in [3.05, 3.63) is 0 Å². The summed E-state index contributed by atoms with van der Waals surface area (Å²) in [4.78, 5) is 0. The van der Waals surface area contributed by atoms with E-state index in [4.69, 9.17) is 0 Å². The number of rotatable bonds is 1. The first-order valence-electron chi connectivity index (χ1n) is 4.71. The van der Waals surface area contributed by atoms with Crippen LogP contribution in [-0.2, 0) is 9.84 Å². The maximum Gasteiger partial charge on any atom is 0.156 e. The first-order valence-corrected chi connectivity index (χ1v) is 6.43. The Labute approximate surface area is 80.8 Å². The first kappa shape index (κ1) is 11.0. The minimum absolute atomic E-state index is 0.202. The molecule has 0 radical (unpaired) electrons. The van der Waals surface area contributed by atoms with Crippen LogP contribution in [-0.4, -0.2) is 31.5 Å². The van der Waals surface area contributed by atoms with Crippen LogP contribution < -0.4 is 5.32 Å². The Kier molecular flexibility index (Phi) is 2.74. The molecule has 4 heteroatoms. The summed E-state index contributed by atoms with van der Waals surface area (Å²) in [5.41, 5.74) is -0.260. The summed E-state index contributed by atoms with van der Waals surface area (Å²) < 4.78 is 23.6. The zero-order valence-electron chi connectivity index (χ0n) is 8.79. The highest BCUT2D eigenvalue weighted by atomic mass is 32.2. The summed E-state index contributed by atoms with van der Waals surface area (Å²) in [6, 6.07) is 0. The Morgan fingerprint density at radius 2 is 1.92 bits per heavy atom. The first-order chi connectivity index (χ1) is 5.75. The van der Waals surface area contributed by atoms with E-state index in [0.717, 1.165) is 0 Å². The van der Waals surface area contributed by atoms with E-state index in [2.05, 4.69) is 5.32 Å². The quantitative estimate of drug-likeness (QED) is 0.689. The molecule has 0 aromatic carbocycles. The van der Waals surface area contributed by atoms with Crippen molar-refractivity contribution in [1.29, 1.82) is 0 Å². The molecule has 1 heterocycles. The largest absolute Gasteiger partial charge is 0.309 e. The van der Waals surface area contributed by atoms with Crippen LogP contribution in [0.3, 0.4) is 0 Å². The van der Waals surface area contributed by atoms with Crippen LogP contribution in [0.5, 0.6) is 0 Å². The van der Waals surface area contributed by atoms with E-state index in [9.17, 15) is 8.42 Å². The molecule has 1 fully saturated rings. The molecule has 13 heavy (non-hydrogen) atoms. The van der Waals surface area contributed by atoms with E-state index < -0.39 is 9.84 Å². The van der Waals surface area contributed by atoms with Crippen molar-refractivity contribution in [2.24, 2.45) is 5.92 Å². The molecule has 1 rings (SSSR count). The molecule has 0 aromatic heterocycles. The van der Waals surface area contributed by atoms with Gasteiger partial charge in [0.15, 0.2) is 9.84 Å². The predicted octanol–water partition coefficient (Wildman–Crippen LogP) is 0.808. The van der Waals surface area contributed by atoms with Crippen LogP contribution in [0.25, 0.3) is 0 Å². The average Bonchev–Trinajstić information content (AvgIpc) is 1.79. The fourth-order valence-corrected chi connectivity index (χ4v) is 4.30. The van der Waals surface area contributed by atoms with Crippen LogP contribution >= 0.6 is 0 Å². The third-order valence-corrected chi connectivity index (χ3v) is 5.31. The van der Waals surface area contributed by atoms with Gasteiger partial charge in [0.2, 0.25) is 0 Å². The number of nitrogens with one attached hydrogen (secondary N) is 1. The van der Waals surface area contributed by atoms with Crippen LogP contribution in [0, 0.1) is 5.92 Å². The van der Waals surface area contributed by atoms with Gasteiger partial charge in [0.05, 0.1) is 11.0 Å². The third kappa shape index (κ3) is 2.44. The van der Waals surface area contributed by atoms with Gasteiger partial charge in [0.25, 0.3) is 0 Å². The molecule has 78 valence electrons. The fourth-order valence-electron chi connectivity index (χ4n) is 1.82. The van der Waals surface area contributed by atoms with Crippen molar-refractivity contribution in [2.75, 3.05) is 12.3 Å². The molecule has 0 spiro atoms. The summed E-state index contributed by atoms with van der Waals surface area (Å²) in [5.74, 6) is 0.455. The molecule has 0 saturated carbocycles. The van der Waals surface area contributed by atoms with Crippen molar-refractivity contribution in [3.63, 3.8) is 0 Å². The van der Waals surface area contributed by atoms with Gasteiger partial charge in [-0.25, -0.2) is 8.42 Å². The van der Waals surface area contributed by atoms with Crippen molar-refractivity contribution in [1.82, 2.24) is 5.32 Å². The van der Waals surface area contributed by atoms with Crippen LogP contribution in [0.4, 0.5) is 0 Å². The highest BCUT2D eigenvalue weighted by molar-refractivity contribution is 7.92. The maximum absolute atomic E-state index is 11.8. The second-order valence-corrected chi connectivity index (χ2v) is 7.07. The standard InChI is InChI=1S/C9H19NO2S/c1-7(2)8-5-10-9(3,4)6-13(8,11)12/h7-8,10H,5-6H2,1-4H3. The van der Waals surface area contributed by atoms with Crippen molar-refractivity contribution < 1.29 is 8.42 Å². The molecule has 1 aliphatic heterocycles. The normalized spacial score (nSPS) is 31.9. The van der Waals surface area contributed by atoms with Gasteiger partial charge in [-0.2, -0.15) is 0 Å². The SMILES string of the molecule is CC(C)C1CNC(C)(C)CS1(=O)=O. The number of sulfone groups is 1. The third-order valence-electron chi connectivity index (χ3n) is 2.55. The lowest BCUT2D eigenvalue weighted by atomic mass is 10.1. The van der Waals surface area contributed by atoms with Gasteiger partial charge >= 0.3 is 0 Å². The molecular weight excluding hydrogens is 186 g/mol. The molecule has 1 saturated heterocycles. The monoisotopic (exact) mass is 205 g/mol. The summed E-state index contributed by atoms with van der Waals surface area (Å²) in [5, 5.41) is 3.06. The Morgan fingerprint density at radius 1 is 1.38 bits per heavy atom. The van der Waals surface area contributed by atoms with Gasteiger partial charge in [-0.15, -0.1) is 0 Å². The van der Waals surface area contributed by atoms with E-state index >= 15 is 0 Å². The average molecular weight is 205 g/mol. The van der Waals surface area contributed by atoms with Crippen molar-refractivity contribution in [2.45, 2.75) is 38.5 Å². The number of hydrogen-bond donors (Lipinski definition) is 1. The Balaban J connectivity index is 2.87. The second-order valence-electron chi connectivity index (χ2n) is 4.85. The minimum Gasteiger partial charge on any atom is -0.309 e. The van der Waals surface area contributed by atoms with E-state index in [-0.39, 0.29) is 22.5 Å². The lowest BCUT2D eigenvalue weighted by Crippen LogP contribution is -2.57. The Morgan fingerprint density at radius 3 is 2.31 bits per heavy atom. The van der Waals surface area contributed by atoms with Crippen molar-refractivity contribution >= 4 is 9.84 Å². The van der Waals surface area contributed by atoms with Crippen LogP contribution in [0.1, 0.15) is 27.7 Å². The predicted molar refractivity (Wildman–Crippen MR) is 54.5 cm³/mol. The lowest BCUT2D eigenvalue weighted by molar-refractivity contribution is 0.371. The zero-order chi connectivity index (χ0) is 10.3. The van der Waals surface area contributed by atoms with Gasteiger partial charge in [-0.1, -0.05) is 13.8 Å². The molecule has 0 bridgehead atoms. The molecule has 1 atom stereocenters. The summed E-state index contributed by atoms with van der Waals surface area (Å²) >= 11 is 0. The van der Waals surface area contributed by atoms with Gasteiger partial charge in [-0.05, 0) is 19.8 Å². The molecule has 0 amide bonds. The van der Waals surface area contributed by atoms with Gasteiger partial charge in [0.1, 0.15) is 0 Å². The highest BCUT2D eigenvalue weighted by Crippen LogP contribution is 2.22. The minimum atomic E-state index is -2.89. The van der Waals surface area contributed by atoms with Crippen LogP contribution in [0.2, 0.25) is 0 Å². The van der Waals surface area contributed by atoms with E-state index in [1.807, 2.05) is 27.7 Å². The topological polar surface area (TPSA) is 46.2 Å². The summed E-state index contributed by atoms with van der Waals surface area (Å²) in [6.45, 7) is 8.37. The lowest BCUT2D eigenvalue weighted by Gasteiger charge is -2.37. The van der Waals surface area contributed by atoms with Gasteiger partial charge < -0.3 is 5.32 Å². The van der Waals surface area contributed by atoms with E-state index in [1.54, 1.807) is 0 Å². The molecule has 0 aliphatic carbocycles. The van der Waals surface area contributed by atoms with Gasteiger partial charge in [-0.3, -0.25) is 0 Å². The molecular formula is C9H19NO2S. The Hall–Kier alpha value is -0.0900. The summed E-state index contributed by atoms with van der Waals surface area (Å²) in [7, 11) is -2.89. The van der Waals surface area contributed by atoms with Gasteiger partial charge in [0, 0.05) is 12.1 Å². The Bertz CT molecular complexity index is 280. The molecule has 0 aromatic rings. The smallest absolute Gasteiger partial charge is 0.156 e. The number of hydrogen-bond acceptors (Lipinski definition) is 3. The second kappa shape index (κ2) is 3.24. The van der Waals surface area contributed by atoms with Crippen molar-refractivity contribution in [3.8, 4) is 0 Å². The van der Waals surface area contributed by atoms with E-state index in [0.29, 0.717) is 6.54 Å². The summed E-state index contributed by atoms with van der Waals surface area (Å²) in [6.07, 6.45) is 0.